The molecule has 3 aromatic rings. The number of pyridine rings is 1. The van der Waals surface area contributed by atoms with Crippen molar-refractivity contribution in [1.82, 2.24) is 9.29 Å². The van der Waals surface area contributed by atoms with Gasteiger partial charge >= 0.3 is 6.03 Å². The third-order valence-corrected chi connectivity index (χ3v) is 7.37. The van der Waals surface area contributed by atoms with Gasteiger partial charge in [-0.2, -0.15) is 4.31 Å². The smallest absolute Gasteiger partial charge is 0.309 e. The number of aromatic nitrogens is 1. The highest BCUT2D eigenvalue weighted by Gasteiger charge is 2.39. The molecule has 1 atom stereocenters. The van der Waals surface area contributed by atoms with Gasteiger partial charge in [-0.05, 0) is 68.3 Å². The van der Waals surface area contributed by atoms with Gasteiger partial charge in [-0.15, -0.1) is 0 Å². The van der Waals surface area contributed by atoms with Gasteiger partial charge < -0.3 is 16.0 Å². The van der Waals surface area contributed by atoms with E-state index in [1.165, 1.54) is 28.6 Å². The summed E-state index contributed by atoms with van der Waals surface area (Å²) in [4.78, 5) is 29.1. The molecular weight excluding hydrogens is 454 g/mol. The quantitative estimate of drug-likeness (QED) is 0.496. The molecule has 1 saturated heterocycles. The minimum atomic E-state index is -3.90. The summed E-state index contributed by atoms with van der Waals surface area (Å²) in [7, 11) is -3.90. The van der Waals surface area contributed by atoms with Crippen LogP contribution in [0.2, 0.25) is 0 Å². The monoisotopic (exact) mass is 479 g/mol. The Balaban J connectivity index is 1.42. The lowest BCUT2D eigenvalue weighted by Crippen LogP contribution is -2.43. The zero-order chi connectivity index (χ0) is 24.1. The molecule has 1 aromatic heterocycles. The molecule has 3 N–H and O–H groups in total. The lowest BCUT2D eigenvalue weighted by Gasteiger charge is -2.23. The molecule has 9 nitrogen and oxygen atoms in total. The van der Waals surface area contributed by atoms with E-state index in [1.54, 1.807) is 36.5 Å². The SMILES string of the molecule is Cc1ccc(NC(=O)Nc2ccc(S(=O)(=O)N3CCC[C@@H]3C(=O)Nc3ccccn3)cc2)cc1. The normalized spacial score (nSPS) is 16.1. The average Bonchev–Trinajstić information content (AvgIpc) is 3.33. The number of hydrogen-bond donors (Lipinski definition) is 3. The van der Waals surface area contributed by atoms with Crippen molar-refractivity contribution in [3.05, 3.63) is 78.5 Å². The van der Waals surface area contributed by atoms with Crippen molar-refractivity contribution in [2.24, 2.45) is 0 Å². The van der Waals surface area contributed by atoms with Gasteiger partial charge in [-0.3, -0.25) is 4.79 Å². The topological polar surface area (TPSA) is 121 Å². The van der Waals surface area contributed by atoms with E-state index in [2.05, 4.69) is 20.9 Å². The second-order valence-electron chi connectivity index (χ2n) is 7.95. The van der Waals surface area contributed by atoms with Gasteiger partial charge in [0.05, 0.1) is 4.90 Å². The van der Waals surface area contributed by atoms with Gasteiger partial charge in [0.25, 0.3) is 0 Å². The van der Waals surface area contributed by atoms with Crippen molar-refractivity contribution < 1.29 is 18.0 Å². The molecule has 0 radical (unpaired) electrons. The highest BCUT2D eigenvalue weighted by molar-refractivity contribution is 7.89. The molecule has 0 spiro atoms. The van der Waals surface area contributed by atoms with Gasteiger partial charge in [-0.25, -0.2) is 18.2 Å². The van der Waals surface area contributed by atoms with Gasteiger partial charge in [0, 0.05) is 24.1 Å². The van der Waals surface area contributed by atoms with Crippen LogP contribution in [-0.4, -0.2) is 42.2 Å². The summed E-state index contributed by atoms with van der Waals surface area (Å²) in [6, 6.07) is 17.1. The second-order valence-corrected chi connectivity index (χ2v) is 9.84. The number of urea groups is 1. The van der Waals surface area contributed by atoms with Crippen molar-refractivity contribution in [1.29, 1.82) is 0 Å². The molecule has 1 fully saturated rings. The van der Waals surface area contributed by atoms with Crippen LogP contribution < -0.4 is 16.0 Å². The molecule has 4 rings (SSSR count). The van der Waals surface area contributed by atoms with E-state index in [9.17, 15) is 18.0 Å². The molecule has 1 aliphatic rings. The summed E-state index contributed by atoms with van der Waals surface area (Å²) in [6.07, 6.45) is 2.56. The predicted molar refractivity (Wildman–Crippen MR) is 130 cm³/mol. The maximum absolute atomic E-state index is 13.2. The van der Waals surface area contributed by atoms with Crippen LogP contribution in [0.5, 0.6) is 0 Å². The first kappa shape index (κ1) is 23.4. The zero-order valence-electron chi connectivity index (χ0n) is 18.6. The standard InChI is InChI=1S/C24H25N5O4S/c1-17-7-9-18(10-8-17)26-24(31)27-19-11-13-20(14-12-19)34(32,33)29-16-4-5-21(29)23(30)28-22-6-2-3-15-25-22/h2-3,6-15,21H,4-5,16H2,1H3,(H,25,28,30)(H2,26,27,31)/t21-/m1/s1. The Hall–Kier alpha value is -3.76. The van der Waals surface area contributed by atoms with E-state index < -0.39 is 28.0 Å². The highest BCUT2D eigenvalue weighted by Crippen LogP contribution is 2.27. The molecule has 0 bridgehead atoms. The summed E-state index contributed by atoms with van der Waals surface area (Å²) >= 11 is 0. The van der Waals surface area contributed by atoms with Crippen LogP contribution in [0.4, 0.5) is 22.0 Å². The number of benzene rings is 2. The number of hydrogen-bond acceptors (Lipinski definition) is 5. The van der Waals surface area contributed by atoms with Crippen LogP contribution in [0.1, 0.15) is 18.4 Å². The summed E-state index contributed by atoms with van der Waals surface area (Å²) < 4.78 is 27.7. The first-order valence-electron chi connectivity index (χ1n) is 10.8. The minimum absolute atomic E-state index is 0.0505. The van der Waals surface area contributed by atoms with E-state index in [-0.39, 0.29) is 11.4 Å². The fourth-order valence-corrected chi connectivity index (χ4v) is 5.37. The summed E-state index contributed by atoms with van der Waals surface area (Å²) in [5.74, 6) is -0.0399. The molecule has 34 heavy (non-hydrogen) atoms. The first-order valence-corrected chi connectivity index (χ1v) is 12.3. The molecule has 10 heteroatoms. The molecule has 176 valence electrons. The Labute approximate surface area is 198 Å². The fourth-order valence-electron chi connectivity index (χ4n) is 3.71. The summed E-state index contributed by atoms with van der Waals surface area (Å²) in [5.41, 5.74) is 2.16. The number of carbonyl (C=O) groups excluding carboxylic acids is 2. The summed E-state index contributed by atoms with van der Waals surface area (Å²) in [6.45, 7) is 2.21. The lowest BCUT2D eigenvalue weighted by molar-refractivity contribution is -0.119. The Bertz CT molecular complexity index is 1260. The Kier molecular flexibility index (Phi) is 6.90. The van der Waals surface area contributed by atoms with Crippen molar-refractivity contribution >= 4 is 39.2 Å². The predicted octanol–water partition coefficient (Wildman–Crippen LogP) is 3.83. The van der Waals surface area contributed by atoms with Crippen molar-refractivity contribution in [2.45, 2.75) is 30.7 Å². The molecule has 2 heterocycles. The zero-order valence-corrected chi connectivity index (χ0v) is 19.4. The average molecular weight is 480 g/mol. The third kappa shape index (κ3) is 5.41. The second kappa shape index (κ2) is 10.0. The molecule has 0 saturated carbocycles. The van der Waals surface area contributed by atoms with E-state index in [0.717, 1.165) is 5.56 Å². The van der Waals surface area contributed by atoms with Crippen molar-refractivity contribution in [3.63, 3.8) is 0 Å². The Morgan fingerprint density at radius 2 is 1.56 bits per heavy atom. The number of amides is 3. The van der Waals surface area contributed by atoms with E-state index in [0.29, 0.717) is 30.0 Å². The third-order valence-electron chi connectivity index (χ3n) is 5.45. The number of nitrogens with one attached hydrogen (secondary N) is 3. The van der Waals surface area contributed by atoms with Crippen LogP contribution in [0.25, 0.3) is 0 Å². The fraction of sp³-hybridized carbons (Fsp3) is 0.208. The van der Waals surface area contributed by atoms with E-state index >= 15 is 0 Å². The molecule has 3 amide bonds. The van der Waals surface area contributed by atoms with E-state index in [1.807, 2.05) is 19.1 Å². The van der Waals surface area contributed by atoms with Crippen LogP contribution in [0, 0.1) is 6.92 Å². The van der Waals surface area contributed by atoms with Crippen LogP contribution in [-0.2, 0) is 14.8 Å². The number of rotatable bonds is 6. The maximum Gasteiger partial charge on any atom is 0.323 e. The van der Waals surface area contributed by atoms with Crippen molar-refractivity contribution in [2.75, 3.05) is 22.5 Å². The molecule has 0 aliphatic carbocycles. The lowest BCUT2D eigenvalue weighted by atomic mass is 10.2. The number of carbonyl (C=O) groups is 2. The number of sulfonamides is 1. The molecule has 2 aromatic carbocycles. The Morgan fingerprint density at radius 3 is 2.18 bits per heavy atom. The molecular formula is C24H25N5O4S. The number of aryl methyl sites for hydroxylation is 1. The van der Waals surface area contributed by atoms with Crippen LogP contribution >= 0.6 is 0 Å². The molecule has 0 unspecified atom stereocenters. The van der Waals surface area contributed by atoms with Gasteiger partial charge in [0.1, 0.15) is 11.9 Å². The minimum Gasteiger partial charge on any atom is -0.309 e. The number of nitrogens with zero attached hydrogens (tertiary/aromatic N) is 2. The molecule has 1 aliphatic heterocycles. The number of anilines is 3. The first-order chi connectivity index (χ1) is 16.3. The van der Waals surface area contributed by atoms with Gasteiger partial charge in [0.2, 0.25) is 15.9 Å². The summed E-state index contributed by atoms with van der Waals surface area (Å²) in [5, 5.41) is 8.08. The highest BCUT2D eigenvalue weighted by atomic mass is 32.2. The van der Waals surface area contributed by atoms with Crippen LogP contribution in [0.15, 0.2) is 77.8 Å². The Morgan fingerprint density at radius 1 is 0.912 bits per heavy atom. The van der Waals surface area contributed by atoms with Crippen LogP contribution in [0.3, 0.4) is 0 Å². The van der Waals surface area contributed by atoms with E-state index in [4.69, 9.17) is 0 Å². The largest absolute Gasteiger partial charge is 0.323 e. The van der Waals surface area contributed by atoms with Gasteiger partial charge in [-0.1, -0.05) is 23.8 Å². The van der Waals surface area contributed by atoms with Gasteiger partial charge in [0.15, 0.2) is 0 Å². The van der Waals surface area contributed by atoms with Crippen molar-refractivity contribution in [3.8, 4) is 0 Å². The maximum atomic E-state index is 13.2.